The average Bonchev–Trinajstić information content (AvgIpc) is 3.05. The maximum Gasteiger partial charge on any atom is 0.322 e. The lowest BCUT2D eigenvalue weighted by Crippen LogP contribution is -2.63. The van der Waals surface area contributed by atoms with Gasteiger partial charge in [-0.05, 0) is 49.8 Å². The molecule has 2 unspecified atom stereocenters. The Morgan fingerprint density at radius 2 is 2.04 bits per heavy atom. The highest BCUT2D eigenvalue weighted by Gasteiger charge is 2.46. The normalized spacial score (nSPS) is 24.6. The topological polar surface area (TPSA) is 72.3 Å². The number of aromatic nitrogens is 3. The van der Waals surface area contributed by atoms with Crippen LogP contribution in [0.4, 0.5) is 10.5 Å². The van der Waals surface area contributed by atoms with Gasteiger partial charge < -0.3 is 15.0 Å². The van der Waals surface area contributed by atoms with E-state index in [4.69, 9.17) is 4.74 Å². The number of nitrogens with one attached hydrogen (secondary N) is 1. The zero-order chi connectivity index (χ0) is 17.6. The van der Waals surface area contributed by atoms with Crippen LogP contribution in [-0.4, -0.2) is 45.1 Å². The fraction of sp³-hybridized carbons (Fsp3) is 0.500. The lowest BCUT2D eigenvalue weighted by atomic mass is 9.74. The van der Waals surface area contributed by atoms with Crippen LogP contribution >= 0.6 is 0 Å². The van der Waals surface area contributed by atoms with Gasteiger partial charge in [-0.25, -0.2) is 4.79 Å². The number of benzene rings is 1. The van der Waals surface area contributed by atoms with Gasteiger partial charge in [0.15, 0.2) is 0 Å². The van der Waals surface area contributed by atoms with Gasteiger partial charge in [0.05, 0.1) is 12.8 Å². The van der Waals surface area contributed by atoms with Crippen LogP contribution in [0.2, 0.25) is 0 Å². The largest absolute Gasteiger partial charge is 0.479 e. The summed E-state index contributed by atoms with van der Waals surface area (Å²) < 4.78 is 5.08. The van der Waals surface area contributed by atoms with E-state index in [0.29, 0.717) is 18.0 Å². The highest BCUT2D eigenvalue weighted by molar-refractivity contribution is 5.90. The quantitative estimate of drug-likeness (QED) is 0.931. The van der Waals surface area contributed by atoms with Crippen molar-refractivity contribution in [2.45, 2.75) is 45.2 Å². The zero-order valence-corrected chi connectivity index (χ0v) is 14.8. The molecular formula is C18H23N5O2. The summed E-state index contributed by atoms with van der Waals surface area (Å²) >= 11 is 0. The van der Waals surface area contributed by atoms with E-state index in [0.717, 1.165) is 42.1 Å². The molecule has 2 aliphatic heterocycles. The number of carbonyl (C=O) groups is 1. The van der Waals surface area contributed by atoms with E-state index < -0.39 is 0 Å². The van der Waals surface area contributed by atoms with Gasteiger partial charge in [0, 0.05) is 17.8 Å². The molecule has 2 atom stereocenters. The number of hydrogen-bond donors (Lipinski definition) is 1. The molecule has 1 aromatic heterocycles. The lowest BCUT2D eigenvalue weighted by molar-refractivity contribution is -0.00600. The summed E-state index contributed by atoms with van der Waals surface area (Å²) in [5.41, 5.74) is 2.59. The molecule has 2 aliphatic rings. The van der Waals surface area contributed by atoms with Crippen LogP contribution in [0.25, 0.3) is 5.69 Å². The first-order chi connectivity index (χ1) is 12.0. The number of methoxy groups -OCH3 is 1. The van der Waals surface area contributed by atoms with Crippen LogP contribution in [0.5, 0.6) is 5.88 Å². The number of hydrogen-bond acceptors (Lipinski definition) is 4. The molecule has 2 saturated heterocycles. The van der Waals surface area contributed by atoms with Crippen molar-refractivity contribution in [3.63, 3.8) is 0 Å². The van der Waals surface area contributed by atoms with Crippen LogP contribution in [0, 0.1) is 12.8 Å². The summed E-state index contributed by atoms with van der Waals surface area (Å²) in [7, 11) is 1.56. The molecular weight excluding hydrogens is 318 g/mol. The number of anilines is 1. The molecule has 1 aromatic carbocycles. The Morgan fingerprint density at radius 1 is 1.28 bits per heavy atom. The van der Waals surface area contributed by atoms with Gasteiger partial charge in [-0.15, -0.1) is 9.90 Å². The number of urea groups is 1. The first-order valence-corrected chi connectivity index (χ1v) is 8.72. The second-order valence-electron chi connectivity index (χ2n) is 7.13. The van der Waals surface area contributed by atoms with Crippen molar-refractivity contribution >= 4 is 11.7 Å². The minimum Gasteiger partial charge on any atom is -0.479 e. The molecule has 0 aliphatic carbocycles. The smallest absolute Gasteiger partial charge is 0.322 e. The Balaban J connectivity index is 1.51. The van der Waals surface area contributed by atoms with Crippen LogP contribution in [-0.2, 0) is 0 Å². The van der Waals surface area contributed by atoms with Gasteiger partial charge in [-0.2, -0.15) is 5.10 Å². The van der Waals surface area contributed by atoms with E-state index in [1.807, 2.05) is 30.0 Å². The van der Waals surface area contributed by atoms with Crippen LogP contribution in [0.3, 0.4) is 0 Å². The van der Waals surface area contributed by atoms with Crippen LogP contribution < -0.4 is 10.1 Å². The number of ether oxygens (including phenoxy) is 1. The standard InChI is InChI=1S/C18H23N5O2/c1-11-6-14-9-15(7-11)22(14)18(24)20-13-5-4-12(2)16(8-13)23-19-10-17(21-23)25-3/h4-5,8,10-11,14-15H,6-7,9H2,1-3H3,(H,20,24). The number of aryl methyl sites for hydroxylation is 1. The molecule has 1 N–H and O–H groups in total. The van der Waals surface area contributed by atoms with Gasteiger partial charge in [0.2, 0.25) is 0 Å². The van der Waals surface area contributed by atoms with Crippen molar-refractivity contribution in [1.29, 1.82) is 0 Å². The van der Waals surface area contributed by atoms with E-state index in [1.54, 1.807) is 13.3 Å². The Morgan fingerprint density at radius 3 is 2.72 bits per heavy atom. The number of amides is 2. The molecule has 3 heterocycles. The van der Waals surface area contributed by atoms with Gasteiger partial charge >= 0.3 is 6.03 Å². The maximum atomic E-state index is 12.7. The third-order valence-electron chi connectivity index (χ3n) is 5.27. The number of carbonyl (C=O) groups excluding carboxylic acids is 1. The first kappa shape index (κ1) is 15.9. The second-order valence-corrected chi connectivity index (χ2v) is 7.13. The van der Waals surface area contributed by atoms with Crippen LogP contribution in [0.1, 0.15) is 31.7 Å². The second kappa shape index (κ2) is 6.06. The van der Waals surface area contributed by atoms with Gasteiger partial charge in [-0.1, -0.05) is 13.0 Å². The van der Waals surface area contributed by atoms with Crippen molar-refractivity contribution < 1.29 is 9.53 Å². The molecule has 25 heavy (non-hydrogen) atoms. The van der Waals surface area contributed by atoms with Crippen molar-refractivity contribution in [3.8, 4) is 11.6 Å². The van der Waals surface area contributed by atoms with Gasteiger partial charge in [0.25, 0.3) is 5.88 Å². The minimum absolute atomic E-state index is 0.00559. The fourth-order valence-corrected chi connectivity index (χ4v) is 4.03. The predicted octanol–water partition coefficient (Wildman–Crippen LogP) is 2.99. The predicted molar refractivity (Wildman–Crippen MR) is 94.1 cm³/mol. The summed E-state index contributed by atoms with van der Waals surface area (Å²) in [6, 6.07) is 6.56. The number of piperidine rings is 1. The van der Waals surface area contributed by atoms with Crippen molar-refractivity contribution in [2.24, 2.45) is 5.92 Å². The summed E-state index contributed by atoms with van der Waals surface area (Å²) in [6.07, 6.45) is 4.93. The summed E-state index contributed by atoms with van der Waals surface area (Å²) in [6.45, 7) is 4.25. The Kier molecular flexibility index (Phi) is 3.86. The molecule has 7 nitrogen and oxygen atoms in total. The summed E-state index contributed by atoms with van der Waals surface area (Å²) in [4.78, 5) is 16.2. The zero-order valence-electron chi connectivity index (χ0n) is 14.8. The van der Waals surface area contributed by atoms with E-state index in [-0.39, 0.29) is 6.03 Å². The molecule has 2 aromatic rings. The summed E-state index contributed by atoms with van der Waals surface area (Å²) in [5.74, 6) is 1.18. The molecule has 0 radical (unpaired) electrons. The van der Waals surface area contributed by atoms with Crippen molar-refractivity contribution in [1.82, 2.24) is 19.9 Å². The molecule has 0 saturated carbocycles. The van der Waals surface area contributed by atoms with E-state index in [1.165, 1.54) is 4.80 Å². The van der Waals surface area contributed by atoms with Crippen molar-refractivity contribution in [3.05, 3.63) is 30.0 Å². The third-order valence-corrected chi connectivity index (χ3v) is 5.27. The molecule has 7 heteroatoms. The molecule has 2 bridgehead atoms. The van der Waals surface area contributed by atoms with E-state index in [2.05, 4.69) is 22.4 Å². The Hall–Kier alpha value is -2.57. The number of rotatable bonds is 3. The SMILES string of the molecule is COc1cnn(-c2cc(NC(=O)N3C4CC(C)CC3C4)ccc2C)n1. The van der Waals surface area contributed by atoms with Gasteiger partial charge in [0.1, 0.15) is 6.20 Å². The maximum absolute atomic E-state index is 12.7. The molecule has 2 amide bonds. The lowest BCUT2D eigenvalue weighted by Gasteiger charge is -2.54. The first-order valence-electron chi connectivity index (χ1n) is 8.72. The summed E-state index contributed by atoms with van der Waals surface area (Å²) in [5, 5.41) is 11.5. The highest BCUT2D eigenvalue weighted by Crippen LogP contribution is 2.41. The van der Waals surface area contributed by atoms with Crippen LogP contribution in [0.15, 0.2) is 24.4 Å². The minimum atomic E-state index is -0.00559. The Bertz CT molecular complexity index is 791. The molecule has 2 fully saturated rings. The average molecular weight is 341 g/mol. The number of nitrogens with zero attached hydrogens (tertiary/aromatic N) is 4. The molecule has 0 spiro atoms. The van der Waals surface area contributed by atoms with Gasteiger partial charge in [-0.3, -0.25) is 0 Å². The highest BCUT2D eigenvalue weighted by atomic mass is 16.5. The number of fused-ring (bicyclic) bond motifs is 2. The molecule has 132 valence electrons. The van der Waals surface area contributed by atoms with E-state index in [9.17, 15) is 4.79 Å². The van der Waals surface area contributed by atoms with Crippen molar-refractivity contribution in [2.75, 3.05) is 12.4 Å². The fourth-order valence-electron chi connectivity index (χ4n) is 4.03. The van der Waals surface area contributed by atoms with E-state index >= 15 is 0 Å². The third kappa shape index (κ3) is 2.83. The monoisotopic (exact) mass is 341 g/mol. The molecule has 4 rings (SSSR count). The Labute approximate surface area is 147 Å².